The predicted octanol–water partition coefficient (Wildman–Crippen LogP) is 2.17. The number of aromatic nitrogens is 2. The van der Waals surface area contributed by atoms with Crippen LogP contribution in [-0.2, 0) is 6.18 Å². The number of nitrogen functional groups attached to an aromatic ring is 1. The summed E-state index contributed by atoms with van der Waals surface area (Å²) in [5, 5.41) is 12.3. The van der Waals surface area contributed by atoms with E-state index in [1.807, 2.05) is 0 Å². The van der Waals surface area contributed by atoms with Gasteiger partial charge >= 0.3 is 12.1 Å². The van der Waals surface area contributed by atoms with E-state index in [1.165, 1.54) is 18.2 Å². The minimum absolute atomic E-state index is 0.0247. The van der Waals surface area contributed by atoms with Crippen molar-refractivity contribution in [3.8, 4) is 5.69 Å². The lowest BCUT2D eigenvalue weighted by Crippen LogP contribution is -2.11. The maximum Gasteiger partial charge on any atom is 0.435 e. The lowest BCUT2D eigenvalue weighted by molar-refractivity contribution is -0.141. The largest absolute Gasteiger partial charge is 0.478 e. The standard InChI is InChI=1S/C11H8F3N3O2/c12-11(13,14)8-4-5-17(16-8)9-6(10(18)19)2-1-3-7(9)15/h1-5H,15H2,(H,18,19). The monoisotopic (exact) mass is 271 g/mol. The Hall–Kier alpha value is -2.51. The molecule has 0 saturated heterocycles. The number of para-hydroxylation sites is 1. The predicted molar refractivity (Wildman–Crippen MR) is 59.9 cm³/mol. The van der Waals surface area contributed by atoms with Gasteiger partial charge in [0.25, 0.3) is 0 Å². The van der Waals surface area contributed by atoms with Crippen LogP contribution in [0, 0.1) is 0 Å². The quantitative estimate of drug-likeness (QED) is 0.820. The molecule has 0 fully saturated rings. The molecule has 1 heterocycles. The van der Waals surface area contributed by atoms with Gasteiger partial charge in [0.15, 0.2) is 5.69 Å². The second kappa shape index (κ2) is 4.30. The Morgan fingerprint density at radius 3 is 2.53 bits per heavy atom. The molecule has 0 aliphatic carbocycles. The number of hydrogen-bond acceptors (Lipinski definition) is 3. The third kappa shape index (κ3) is 2.37. The molecule has 5 nitrogen and oxygen atoms in total. The van der Waals surface area contributed by atoms with Crippen LogP contribution in [0.4, 0.5) is 18.9 Å². The van der Waals surface area contributed by atoms with E-state index in [2.05, 4.69) is 5.10 Å². The average Bonchev–Trinajstić information content (AvgIpc) is 2.77. The Balaban J connectivity index is 2.59. The highest BCUT2D eigenvalue weighted by atomic mass is 19.4. The molecule has 0 bridgehead atoms. The molecule has 0 spiro atoms. The fourth-order valence-electron chi connectivity index (χ4n) is 1.59. The number of aromatic carboxylic acids is 1. The molecule has 100 valence electrons. The molecule has 1 aromatic carbocycles. The van der Waals surface area contributed by atoms with Crippen molar-refractivity contribution in [2.24, 2.45) is 0 Å². The second-order valence-corrected chi connectivity index (χ2v) is 3.69. The van der Waals surface area contributed by atoms with Crippen LogP contribution in [0.2, 0.25) is 0 Å². The number of halogens is 3. The molecule has 19 heavy (non-hydrogen) atoms. The minimum atomic E-state index is -4.60. The number of rotatable bonds is 2. The smallest absolute Gasteiger partial charge is 0.435 e. The number of carboxylic acids is 1. The zero-order chi connectivity index (χ0) is 14.2. The maximum absolute atomic E-state index is 12.5. The van der Waals surface area contributed by atoms with E-state index >= 15 is 0 Å². The van der Waals surface area contributed by atoms with Gasteiger partial charge in [0.1, 0.15) is 5.69 Å². The van der Waals surface area contributed by atoms with Crippen LogP contribution < -0.4 is 5.73 Å². The van der Waals surface area contributed by atoms with E-state index in [0.29, 0.717) is 0 Å². The molecule has 3 N–H and O–H groups in total. The van der Waals surface area contributed by atoms with Crippen LogP contribution in [0.1, 0.15) is 16.1 Å². The van der Waals surface area contributed by atoms with Gasteiger partial charge in [-0.05, 0) is 18.2 Å². The number of nitrogens with zero attached hydrogens (tertiary/aromatic N) is 2. The highest BCUT2D eigenvalue weighted by Crippen LogP contribution is 2.29. The molecule has 0 unspecified atom stereocenters. The van der Waals surface area contributed by atoms with Gasteiger partial charge < -0.3 is 10.8 Å². The molecule has 0 aliphatic heterocycles. The van der Waals surface area contributed by atoms with Crippen molar-refractivity contribution >= 4 is 11.7 Å². The Morgan fingerprint density at radius 1 is 1.32 bits per heavy atom. The van der Waals surface area contributed by atoms with E-state index in [1.54, 1.807) is 0 Å². The molecular formula is C11H8F3N3O2. The van der Waals surface area contributed by atoms with Crippen LogP contribution in [0.5, 0.6) is 0 Å². The molecule has 2 aromatic rings. The summed E-state index contributed by atoms with van der Waals surface area (Å²) in [4.78, 5) is 11.0. The lowest BCUT2D eigenvalue weighted by Gasteiger charge is -2.09. The summed E-state index contributed by atoms with van der Waals surface area (Å²) in [5.74, 6) is -1.30. The van der Waals surface area contributed by atoms with Gasteiger partial charge in [-0.2, -0.15) is 18.3 Å². The zero-order valence-electron chi connectivity index (χ0n) is 9.35. The normalized spacial score (nSPS) is 11.5. The van der Waals surface area contributed by atoms with Crippen molar-refractivity contribution in [1.82, 2.24) is 9.78 Å². The maximum atomic E-state index is 12.5. The topological polar surface area (TPSA) is 81.1 Å². The van der Waals surface area contributed by atoms with Crippen LogP contribution in [0.3, 0.4) is 0 Å². The Bertz CT molecular complexity index is 634. The third-order valence-corrected chi connectivity index (χ3v) is 2.41. The van der Waals surface area contributed by atoms with E-state index < -0.39 is 17.8 Å². The van der Waals surface area contributed by atoms with Crippen molar-refractivity contribution < 1.29 is 23.1 Å². The third-order valence-electron chi connectivity index (χ3n) is 2.41. The van der Waals surface area contributed by atoms with Gasteiger partial charge in [0.05, 0.1) is 11.3 Å². The highest BCUT2D eigenvalue weighted by molar-refractivity contribution is 5.94. The number of carboxylic acid groups (broad SMARTS) is 1. The second-order valence-electron chi connectivity index (χ2n) is 3.69. The highest BCUT2D eigenvalue weighted by Gasteiger charge is 2.34. The van der Waals surface area contributed by atoms with Gasteiger partial charge in [0.2, 0.25) is 0 Å². The van der Waals surface area contributed by atoms with Crippen LogP contribution >= 0.6 is 0 Å². The minimum Gasteiger partial charge on any atom is -0.478 e. The number of nitrogens with two attached hydrogens (primary N) is 1. The fourth-order valence-corrected chi connectivity index (χ4v) is 1.59. The fraction of sp³-hybridized carbons (Fsp3) is 0.0909. The van der Waals surface area contributed by atoms with Gasteiger partial charge in [-0.1, -0.05) is 6.07 Å². The number of carbonyl (C=O) groups is 1. The molecule has 0 amide bonds. The summed E-state index contributed by atoms with van der Waals surface area (Å²) in [6.45, 7) is 0. The summed E-state index contributed by atoms with van der Waals surface area (Å²) in [5.41, 5.74) is 4.19. The molecule has 8 heteroatoms. The Morgan fingerprint density at radius 2 is 2.00 bits per heavy atom. The van der Waals surface area contributed by atoms with Crippen LogP contribution in [-0.4, -0.2) is 20.9 Å². The number of alkyl halides is 3. The first-order valence-electron chi connectivity index (χ1n) is 5.05. The molecule has 2 rings (SSSR count). The van der Waals surface area contributed by atoms with E-state index in [-0.39, 0.29) is 16.9 Å². The van der Waals surface area contributed by atoms with Crippen molar-refractivity contribution in [3.63, 3.8) is 0 Å². The molecule has 1 aromatic heterocycles. The van der Waals surface area contributed by atoms with Gasteiger partial charge in [-0.3, -0.25) is 0 Å². The summed E-state index contributed by atoms with van der Waals surface area (Å²) >= 11 is 0. The van der Waals surface area contributed by atoms with Crippen molar-refractivity contribution in [1.29, 1.82) is 0 Å². The summed E-state index contributed by atoms with van der Waals surface area (Å²) in [6.07, 6.45) is -3.58. The average molecular weight is 271 g/mol. The first kappa shape index (κ1) is 12.9. The van der Waals surface area contributed by atoms with Crippen molar-refractivity contribution in [2.45, 2.75) is 6.18 Å². The van der Waals surface area contributed by atoms with E-state index in [4.69, 9.17) is 10.8 Å². The van der Waals surface area contributed by atoms with Crippen molar-refractivity contribution in [3.05, 3.63) is 41.7 Å². The first-order chi connectivity index (χ1) is 8.80. The van der Waals surface area contributed by atoms with Crippen LogP contribution in [0.15, 0.2) is 30.5 Å². The van der Waals surface area contributed by atoms with Gasteiger partial charge in [-0.15, -0.1) is 0 Å². The van der Waals surface area contributed by atoms with E-state index in [9.17, 15) is 18.0 Å². The van der Waals surface area contributed by atoms with Crippen LogP contribution in [0.25, 0.3) is 5.69 Å². The number of hydrogen-bond donors (Lipinski definition) is 2. The van der Waals surface area contributed by atoms with Gasteiger partial charge in [0, 0.05) is 6.20 Å². The van der Waals surface area contributed by atoms with Crippen molar-refractivity contribution in [2.75, 3.05) is 5.73 Å². The summed E-state index contributed by atoms with van der Waals surface area (Å²) in [7, 11) is 0. The zero-order valence-corrected chi connectivity index (χ0v) is 9.35. The Labute approximate surface area is 105 Å². The molecule has 0 saturated carbocycles. The molecular weight excluding hydrogens is 263 g/mol. The molecule has 0 radical (unpaired) electrons. The van der Waals surface area contributed by atoms with E-state index in [0.717, 1.165) is 16.9 Å². The summed E-state index contributed by atoms with van der Waals surface area (Å²) < 4.78 is 38.2. The number of benzene rings is 1. The Kier molecular flexibility index (Phi) is 2.93. The molecule has 0 aliphatic rings. The molecule has 0 atom stereocenters. The number of anilines is 1. The SMILES string of the molecule is Nc1cccc(C(=O)O)c1-n1ccc(C(F)(F)F)n1. The van der Waals surface area contributed by atoms with Gasteiger partial charge in [-0.25, -0.2) is 9.48 Å². The lowest BCUT2D eigenvalue weighted by atomic mass is 10.1. The first-order valence-corrected chi connectivity index (χ1v) is 5.05. The summed E-state index contributed by atoms with van der Waals surface area (Å²) in [6, 6.07) is 4.77.